The lowest BCUT2D eigenvalue weighted by atomic mass is 10.3. The summed E-state index contributed by atoms with van der Waals surface area (Å²) in [4.78, 5) is 20.3. The maximum Gasteiger partial charge on any atom is 0.246 e. The zero-order valence-corrected chi connectivity index (χ0v) is 10.4. The Labute approximate surface area is 108 Å². The molecule has 0 aliphatic heterocycles. The lowest BCUT2D eigenvalue weighted by Crippen LogP contribution is -2.37. The number of anilines is 1. The third kappa shape index (κ3) is 2.12. The molecule has 1 aliphatic carbocycles. The Bertz CT molecular complexity index is 577. The summed E-state index contributed by atoms with van der Waals surface area (Å²) in [5.74, 6) is -0.149. The first-order valence-electron chi connectivity index (χ1n) is 5.65. The maximum absolute atomic E-state index is 11.8. The van der Waals surface area contributed by atoms with Crippen LogP contribution in [0.25, 0.3) is 11.4 Å². The smallest absolute Gasteiger partial charge is 0.246 e. The number of carbonyl (C=O) groups excluding carboxylic acids is 1. The minimum Gasteiger partial charge on any atom is -0.317 e. The fraction of sp³-hybridized carbons (Fsp3) is 0.250. The van der Waals surface area contributed by atoms with Crippen molar-refractivity contribution in [2.45, 2.75) is 18.4 Å². The molecule has 18 heavy (non-hydrogen) atoms. The Kier molecular flexibility index (Phi) is 2.61. The number of carbonyl (C=O) groups is 1. The van der Waals surface area contributed by atoms with E-state index in [9.17, 15) is 4.79 Å². The average Bonchev–Trinajstić information content (AvgIpc) is 2.98. The molecule has 0 radical (unpaired) electrons. The van der Waals surface area contributed by atoms with E-state index in [4.69, 9.17) is 5.73 Å². The largest absolute Gasteiger partial charge is 0.317 e. The van der Waals surface area contributed by atoms with Gasteiger partial charge < -0.3 is 11.1 Å². The molecule has 0 saturated heterocycles. The van der Waals surface area contributed by atoms with E-state index in [0.29, 0.717) is 5.13 Å². The number of hydrogen-bond donors (Lipinski definition) is 2. The molecule has 2 heterocycles. The number of pyridine rings is 1. The van der Waals surface area contributed by atoms with E-state index < -0.39 is 5.54 Å². The Morgan fingerprint density at radius 1 is 1.39 bits per heavy atom. The van der Waals surface area contributed by atoms with Crippen molar-refractivity contribution in [1.29, 1.82) is 0 Å². The molecule has 1 amide bonds. The van der Waals surface area contributed by atoms with Gasteiger partial charge in [0.2, 0.25) is 5.91 Å². The van der Waals surface area contributed by atoms with Gasteiger partial charge in [0, 0.05) is 11.6 Å². The van der Waals surface area contributed by atoms with Gasteiger partial charge in [0.15, 0.2) is 5.13 Å². The van der Waals surface area contributed by atoms with E-state index in [0.717, 1.165) is 24.2 Å². The van der Waals surface area contributed by atoms with Crippen molar-refractivity contribution >= 4 is 22.4 Å². The van der Waals surface area contributed by atoms with Gasteiger partial charge in [-0.15, -0.1) is 11.3 Å². The van der Waals surface area contributed by atoms with E-state index in [1.54, 1.807) is 6.20 Å². The van der Waals surface area contributed by atoms with Crippen LogP contribution >= 0.6 is 11.3 Å². The first-order valence-corrected chi connectivity index (χ1v) is 6.53. The van der Waals surface area contributed by atoms with Gasteiger partial charge in [0.1, 0.15) is 5.69 Å². The van der Waals surface area contributed by atoms with Crippen LogP contribution in [0.3, 0.4) is 0 Å². The number of nitrogens with one attached hydrogen (secondary N) is 1. The number of nitrogens with two attached hydrogens (primary N) is 1. The molecule has 6 heteroatoms. The first-order chi connectivity index (χ1) is 8.67. The highest BCUT2D eigenvalue weighted by Crippen LogP contribution is 2.34. The van der Waals surface area contributed by atoms with Gasteiger partial charge in [0.05, 0.1) is 11.2 Å². The van der Waals surface area contributed by atoms with E-state index >= 15 is 0 Å². The van der Waals surface area contributed by atoms with E-state index in [2.05, 4.69) is 15.3 Å². The van der Waals surface area contributed by atoms with E-state index in [-0.39, 0.29) is 5.91 Å². The monoisotopic (exact) mass is 260 g/mol. The minimum atomic E-state index is -0.670. The quantitative estimate of drug-likeness (QED) is 0.879. The predicted octanol–water partition coefficient (Wildman–Crippen LogP) is 1.63. The average molecular weight is 260 g/mol. The summed E-state index contributed by atoms with van der Waals surface area (Å²) >= 11 is 1.38. The number of nitrogens with zero attached hydrogens (tertiary/aromatic N) is 2. The third-order valence-corrected chi connectivity index (χ3v) is 3.65. The molecular formula is C12H12N4OS. The molecule has 2 aromatic rings. The highest BCUT2D eigenvalue weighted by atomic mass is 32.1. The van der Waals surface area contributed by atoms with Gasteiger partial charge in [-0.3, -0.25) is 9.78 Å². The normalized spacial score (nSPS) is 16.3. The molecule has 0 unspecified atom stereocenters. The summed E-state index contributed by atoms with van der Waals surface area (Å²) in [5.41, 5.74) is 6.69. The molecule has 0 aromatic carbocycles. The number of amides is 1. The summed E-state index contributed by atoms with van der Waals surface area (Å²) in [6, 6.07) is 5.63. The predicted molar refractivity (Wildman–Crippen MR) is 70.1 cm³/mol. The van der Waals surface area contributed by atoms with Crippen molar-refractivity contribution in [2.75, 3.05) is 5.32 Å². The van der Waals surface area contributed by atoms with Crippen LogP contribution in [-0.2, 0) is 4.79 Å². The second-order valence-corrected chi connectivity index (χ2v) is 5.22. The van der Waals surface area contributed by atoms with Crippen molar-refractivity contribution in [3.63, 3.8) is 0 Å². The van der Waals surface area contributed by atoms with Crippen LogP contribution in [0, 0.1) is 0 Å². The van der Waals surface area contributed by atoms with Crippen LogP contribution < -0.4 is 11.1 Å². The van der Waals surface area contributed by atoms with Crippen molar-refractivity contribution < 1.29 is 4.79 Å². The molecular weight excluding hydrogens is 248 g/mol. The Balaban J connectivity index is 1.76. The summed E-state index contributed by atoms with van der Waals surface area (Å²) in [7, 11) is 0. The van der Waals surface area contributed by atoms with Crippen molar-refractivity contribution in [3.8, 4) is 11.4 Å². The maximum atomic E-state index is 11.8. The van der Waals surface area contributed by atoms with E-state index in [1.165, 1.54) is 11.3 Å². The molecule has 1 saturated carbocycles. The zero-order chi connectivity index (χ0) is 12.6. The number of thiazole rings is 1. The summed E-state index contributed by atoms with van der Waals surface area (Å²) in [6.07, 6.45) is 3.21. The minimum absolute atomic E-state index is 0.149. The van der Waals surface area contributed by atoms with Crippen LogP contribution in [0.2, 0.25) is 0 Å². The molecule has 2 aromatic heterocycles. The molecule has 3 N–H and O–H groups in total. The highest BCUT2D eigenvalue weighted by Gasteiger charge is 2.46. The lowest BCUT2D eigenvalue weighted by molar-refractivity contribution is -0.118. The summed E-state index contributed by atoms with van der Waals surface area (Å²) in [6.45, 7) is 0. The van der Waals surface area contributed by atoms with Crippen LogP contribution in [0.4, 0.5) is 5.13 Å². The van der Waals surface area contributed by atoms with Crippen LogP contribution in [0.5, 0.6) is 0 Å². The number of aromatic nitrogens is 2. The fourth-order valence-electron chi connectivity index (χ4n) is 1.55. The summed E-state index contributed by atoms with van der Waals surface area (Å²) in [5, 5.41) is 5.19. The van der Waals surface area contributed by atoms with Gasteiger partial charge in [-0.05, 0) is 25.0 Å². The van der Waals surface area contributed by atoms with Crippen LogP contribution in [0.15, 0.2) is 29.8 Å². The standard InChI is InChI=1S/C12H12N4OS/c13-12(4-5-12)10(17)16-11-15-9(7-18-11)8-3-1-2-6-14-8/h1-3,6-7H,4-5,13H2,(H,15,16,17). The van der Waals surface area contributed by atoms with Gasteiger partial charge in [0.25, 0.3) is 0 Å². The van der Waals surface area contributed by atoms with Crippen molar-refractivity contribution in [3.05, 3.63) is 29.8 Å². The molecule has 3 rings (SSSR count). The zero-order valence-electron chi connectivity index (χ0n) is 9.59. The van der Waals surface area contributed by atoms with Crippen LogP contribution in [-0.4, -0.2) is 21.4 Å². The SMILES string of the molecule is NC1(C(=O)Nc2nc(-c3ccccn3)cs2)CC1. The molecule has 0 spiro atoms. The second-order valence-electron chi connectivity index (χ2n) is 4.36. The van der Waals surface area contributed by atoms with Gasteiger partial charge >= 0.3 is 0 Å². The fourth-order valence-corrected chi connectivity index (χ4v) is 2.25. The van der Waals surface area contributed by atoms with Crippen molar-refractivity contribution in [1.82, 2.24) is 9.97 Å². The molecule has 92 valence electrons. The Morgan fingerprint density at radius 2 is 2.22 bits per heavy atom. The van der Waals surface area contributed by atoms with Gasteiger partial charge in [-0.25, -0.2) is 4.98 Å². The van der Waals surface area contributed by atoms with Gasteiger partial charge in [-0.2, -0.15) is 0 Å². The summed E-state index contributed by atoms with van der Waals surface area (Å²) < 4.78 is 0. The molecule has 1 aliphatic rings. The molecule has 0 bridgehead atoms. The highest BCUT2D eigenvalue weighted by molar-refractivity contribution is 7.14. The topological polar surface area (TPSA) is 80.9 Å². The number of rotatable bonds is 3. The van der Waals surface area contributed by atoms with Gasteiger partial charge in [-0.1, -0.05) is 6.07 Å². The van der Waals surface area contributed by atoms with E-state index in [1.807, 2.05) is 23.6 Å². The third-order valence-electron chi connectivity index (χ3n) is 2.89. The first kappa shape index (κ1) is 11.3. The van der Waals surface area contributed by atoms with Crippen LogP contribution in [0.1, 0.15) is 12.8 Å². The number of hydrogen-bond acceptors (Lipinski definition) is 5. The molecule has 0 atom stereocenters. The Hall–Kier alpha value is -1.79. The molecule has 5 nitrogen and oxygen atoms in total. The van der Waals surface area contributed by atoms with Crippen molar-refractivity contribution in [2.24, 2.45) is 5.73 Å². The molecule has 1 fully saturated rings. The Morgan fingerprint density at radius 3 is 2.89 bits per heavy atom. The lowest BCUT2D eigenvalue weighted by Gasteiger charge is -2.06. The second kappa shape index (κ2) is 4.15.